The molecular formula is C48H43N7O2. The summed E-state index contributed by atoms with van der Waals surface area (Å²) in [5.74, 6) is 2.41. The summed E-state index contributed by atoms with van der Waals surface area (Å²) in [5, 5.41) is 2.11. The van der Waals surface area contributed by atoms with E-state index in [1.54, 1.807) is 12.4 Å². The molecule has 282 valence electrons. The molecule has 0 saturated heterocycles. The maximum atomic E-state index is 8.35. The van der Waals surface area contributed by atoms with E-state index in [2.05, 4.69) is 111 Å². The number of para-hydroxylation sites is 4. The molecule has 9 heteroatoms. The van der Waals surface area contributed by atoms with Crippen LogP contribution in [0, 0.1) is 6.92 Å². The Morgan fingerprint density at radius 3 is 1.74 bits per heavy atom. The second-order valence-corrected chi connectivity index (χ2v) is 15.0. The Bertz CT molecular complexity index is 2930. The molecule has 2 aliphatic heterocycles. The summed E-state index contributed by atoms with van der Waals surface area (Å²) in [6.45, 7) is 4.85. The molecule has 0 atom stereocenters. The van der Waals surface area contributed by atoms with E-state index in [4.69, 9.17) is 13.6 Å². The lowest BCUT2D eigenvalue weighted by Crippen LogP contribution is -2.24. The first-order valence-electron chi connectivity index (χ1n) is 20.7. The highest BCUT2D eigenvalue weighted by molar-refractivity contribution is 6.11. The highest BCUT2D eigenvalue weighted by Gasteiger charge is 2.28. The molecule has 2 aliphatic rings. The molecule has 3 aromatic heterocycles. The Hall–Kier alpha value is -7.00. The number of hydrogen-bond acceptors (Lipinski definition) is 8. The van der Waals surface area contributed by atoms with Crippen molar-refractivity contribution in [1.82, 2.24) is 14.5 Å². The molecule has 57 heavy (non-hydrogen) atoms. The fourth-order valence-electron chi connectivity index (χ4n) is 8.11. The minimum absolute atomic E-state index is 0.181. The summed E-state index contributed by atoms with van der Waals surface area (Å²) in [7, 11) is 2.11. The van der Waals surface area contributed by atoms with Crippen molar-refractivity contribution in [3.8, 4) is 28.9 Å². The average molecular weight is 753 g/mol. The monoisotopic (exact) mass is 752 g/mol. The van der Waals surface area contributed by atoms with Crippen molar-refractivity contribution in [1.29, 1.82) is 0 Å². The van der Waals surface area contributed by atoms with Gasteiger partial charge in [-0.2, -0.15) is 0 Å². The van der Waals surface area contributed by atoms with E-state index in [1.165, 1.54) is 10.6 Å². The molecule has 0 amide bonds. The molecule has 0 unspecified atom stereocenters. The van der Waals surface area contributed by atoms with Crippen LogP contribution in [-0.2, 0) is 0 Å². The van der Waals surface area contributed by atoms with Crippen LogP contribution in [0.2, 0.25) is 0 Å². The van der Waals surface area contributed by atoms with Crippen LogP contribution in [0.4, 0.5) is 34.1 Å². The van der Waals surface area contributed by atoms with Crippen LogP contribution >= 0.6 is 0 Å². The summed E-state index contributed by atoms with van der Waals surface area (Å²) < 4.78 is 40.5. The van der Waals surface area contributed by atoms with Crippen LogP contribution in [-0.4, -0.2) is 41.9 Å². The third kappa shape index (κ3) is 5.94. The number of hydrogen-bond donors (Lipinski definition) is 0. The summed E-state index contributed by atoms with van der Waals surface area (Å²) in [6, 6.07) is 42.8. The first kappa shape index (κ1) is 31.2. The summed E-state index contributed by atoms with van der Waals surface area (Å²) >= 11 is 0. The van der Waals surface area contributed by atoms with Crippen LogP contribution in [0.5, 0.6) is 23.3 Å². The van der Waals surface area contributed by atoms with Crippen molar-refractivity contribution in [3.63, 3.8) is 0 Å². The Balaban J connectivity index is 1.20. The number of benzene rings is 5. The molecule has 5 aromatic carbocycles. The number of aromatic nitrogens is 3. The van der Waals surface area contributed by atoms with Gasteiger partial charge in [-0.1, -0.05) is 56.3 Å². The van der Waals surface area contributed by atoms with E-state index in [-0.39, 0.29) is 6.67 Å². The third-order valence-corrected chi connectivity index (χ3v) is 11.1. The van der Waals surface area contributed by atoms with E-state index in [1.807, 2.05) is 73.7 Å². The lowest BCUT2D eigenvalue weighted by Gasteiger charge is -2.21. The molecule has 0 fully saturated rings. The van der Waals surface area contributed by atoms with E-state index in [9.17, 15) is 0 Å². The minimum atomic E-state index is -2.31. The standard InChI is InChI=1S/C48H43N7O2/c1-31(2)33-21-23-50-48(24-33)57-46-28-36(27-45(32(46)3)56-47-16-10-11-22-49-47)55-43-25-34(53-29-51(4)39-12-6-8-14-41(39)53)17-19-37(43)38-20-18-35(26-44(38)55)54-30-52(5)40-13-7-9-15-42(40)54/h6-28,31H,29-30H2,1-5H3/i4D3. The molecule has 10 rings (SSSR count). The van der Waals surface area contributed by atoms with Gasteiger partial charge in [-0.15, -0.1) is 0 Å². The van der Waals surface area contributed by atoms with Gasteiger partial charge in [0.2, 0.25) is 11.8 Å². The zero-order valence-corrected chi connectivity index (χ0v) is 32.2. The van der Waals surface area contributed by atoms with Gasteiger partial charge >= 0.3 is 0 Å². The van der Waals surface area contributed by atoms with Gasteiger partial charge in [-0.25, -0.2) is 9.97 Å². The van der Waals surface area contributed by atoms with Crippen LogP contribution in [0.3, 0.4) is 0 Å². The number of fused-ring (bicyclic) bond motifs is 5. The number of ether oxygens (including phenoxy) is 2. The van der Waals surface area contributed by atoms with Crippen molar-refractivity contribution in [3.05, 3.63) is 151 Å². The Morgan fingerprint density at radius 2 is 1.14 bits per heavy atom. The quantitative estimate of drug-likeness (QED) is 0.152. The highest BCUT2D eigenvalue weighted by atomic mass is 16.5. The predicted molar refractivity (Wildman–Crippen MR) is 232 cm³/mol. The Morgan fingerprint density at radius 1 is 0.579 bits per heavy atom. The maximum Gasteiger partial charge on any atom is 0.219 e. The topological polar surface area (TPSA) is 62.1 Å². The molecule has 0 saturated carbocycles. The molecule has 0 bridgehead atoms. The summed E-state index contributed by atoms with van der Waals surface area (Å²) in [6.07, 6.45) is 3.49. The van der Waals surface area contributed by atoms with Gasteiger partial charge in [0.05, 0.1) is 52.8 Å². The molecule has 0 radical (unpaired) electrons. The molecule has 0 N–H and O–H groups in total. The zero-order valence-electron chi connectivity index (χ0n) is 35.2. The van der Waals surface area contributed by atoms with Crippen LogP contribution in [0.25, 0.3) is 27.5 Å². The predicted octanol–water partition coefficient (Wildman–Crippen LogP) is 11.7. The van der Waals surface area contributed by atoms with Crippen LogP contribution in [0.15, 0.2) is 140 Å². The van der Waals surface area contributed by atoms with Gasteiger partial charge in [-0.05, 0) is 79.1 Å². The molecule has 8 aromatic rings. The Labute approximate surface area is 336 Å². The third-order valence-electron chi connectivity index (χ3n) is 11.1. The highest BCUT2D eigenvalue weighted by Crippen LogP contribution is 2.46. The Kier molecular flexibility index (Phi) is 7.47. The number of nitrogens with zero attached hydrogens (tertiary/aromatic N) is 7. The smallest absolute Gasteiger partial charge is 0.219 e. The van der Waals surface area contributed by atoms with E-state index < -0.39 is 6.98 Å². The van der Waals surface area contributed by atoms with E-state index in [0.29, 0.717) is 41.5 Å². The van der Waals surface area contributed by atoms with Crippen LogP contribution < -0.4 is 29.1 Å². The second kappa shape index (κ2) is 13.6. The van der Waals surface area contributed by atoms with E-state index >= 15 is 0 Å². The largest absolute Gasteiger partial charge is 0.439 e. The number of pyridine rings is 2. The molecule has 0 aliphatic carbocycles. The normalized spacial score (nSPS) is 14.6. The van der Waals surface area contributed by atoms with Crippen molar-refractivity contribution >= 4 is 55.9 Å². The second-order valence-electron chi connectivity index (χ2n) is 15.0. The molecule has 9 nitrogen and oxygen atoms in total. The maximum absolute atomic E-state index is 8.35. The first-order chi connectivity index (χ1) is 29.0. The van der Waals surface area contributed by atoms with Gasteiger partial charge in [0.15, 0.2) is 0 Å². The van der Waals surface area contributed by atoms with E-state index in [0.717, 1.165) is 61.4 Å². The van der Waals surface area contributed by atoms with Gasteiger partial charge < -0.3 is 33.6 Å². The lowest BCUT2D eigenvalue weighted by molar-refractivity contribution is 0.435. The zero-order chi connectivity index (χ0) is 41.3. The van der Waals surface area contributed by atoms with Gasteiger partial charge in [-0.3, -0.25) is 0 Å². The van der Waals surface area contributed by atoms with Gasteiger partial charge in [0.1, 0.15) is 11.5 Å². The minimum Gasteiger partial charge on any atom is -0.439 e. The fraction of sp³-hybridized carbons (Fsp3) is 0.167. The SMILES string of the molecule is [2H]C([2H])([2H])N1CN(c2ccc3c4ccc(N5CN(C)c6ccccc65)cc4n(-c4cc(Oc5ccccn5)c(C)c(Oc5cc(C(C)C)ccn5)c4)c3c2)c2ccccc21. The van der Waals surface area contributed by atoms with Crippen molar-refractivity contribution < 1.29 is 13.6 Å². The first-order valence-corrected chi connectivity index (χ1v) is 19.2. The van der Waals surface area contributed by atoms with Crippen LogP contribution in [0.1, 0.15) is 35.0 Å². The fourth-order valence-corrected chi connectivity index (χ4v) is 8.11. The number of rotatable bonds is 8. The van der Waals surface area contributed by atoms with Crippen molar-refractivity contribution in [2.24, 2.45) is 0 Å². The summed E-state index contributed by atoms with van der Waals surface area (Å²) in [5.41, 5.74) is 10.4. The molecule has 5 heterocycles. The van der Waals surface area contributed by atoms with Crippen molar-refractivity contribution in [2.45, 2.75) is 26.7 Å². The van der Waals surface area contributed by atoms with Crippen molar-refractivity contribution in [2.75, 3.05) is 47.0 Å². The molecule has 0 spiro atoms. The lowest BCUT2D eigenvalue weighted by atomic mass is 10.1. The van der Waals surface area contributed by atoms with Gasteiger partial charge in [0, 0.05) is 82.5 Å². The number of anilines is 6. The summed E-state index contributed by atoms with van der Waals surface area (Å²) in [4.78, 5) is 17.2. The molecular weight excluding hydrogens is 707 g/mol. The van der Waals surface area contributed by atoms with Gasteiger partial charge in [0.25, 0.3) is 0 Å². The average Bonchev–Trinajstić information content (AvgIpc) is 3.92.